The van der Waals surface area contributed by atoms with E-state index in [-0.39, 0.29) is 31.7 Å². The fourth-order valence-corrected chi connectivity index (χ4v) is 0.858. The summed E-state index contributed by atoms with van der Waals surface area (Å²) in [6.45, 7) is 0. The van der Waals surface area contributed by atoms with Gasteiger partial charge in [0.1, 0.15) is 24.4 Å². The standard InChI is InChI=1S/C7H3F3N4.Li.H/c8-7(9,10)1-6-13-4(2-11)5(3-12)14-6;;/h1H2,(H,13,14);;/q;+1;-1. The van der Waals surface area contributed by atoms with Crippen molar-refractivity contribution in [2.75, 3.05) is 0 Å². The zero-order valence-corrected chi connectivity index (χ0v) is 7.68. The fraction of sp³-hybridized carbons (Fsp3) is 0.286. The Morgan fingerprint density at radius 2 is 1.93 bits per heavy atom. The maximum atomic E-state index is 11.9. The second-order valence-electron chi connectivity index (χ2n) is 2.42. The van der Waals surface area contributed by atoms with E-state index in [1.165, 1.54) is 6.07 Å². The second kappa shape index (κ2) is 4.88. The average molecular weight is 208 g/mol. The molecule has 1 rings (SSSR count). The summed E-state index contributed by atoms with van der Waals surface area (Å²) in [6, 6.07) is 3.07. The Bertz CT molecular complexity index is 397. The summed E-state index contributed by atoms with van der Waals surface area (Å²) in [5, 5.41) is 16.8. The van der Waals surface area contributed by atoms with Gasteiger partial charge in [-0.25, -0.2) is 4.98 Å². The monoisotopic (exact) mass is 208 g/mol. The smallest absolute Gasteiger partial charge is 1.00 e. The molecule has 0 aliphatic rings. The number of aromatic amines is 1. The van der Waals surface area contributed by atoms with Gasteiger partial charge in [-0.15, -0.1) is 0 Å². The summed E-state index contributed by atoms with van der Waals surface area (Å²) < 4.78 is 35.6. The van der Waals surface area contributed by atoms with Gasteiger partial charge in [0.15, 0.2) is 11.4 Å². The normalized spacial score (nSPS) is 9.93. The minimum atomic E-state index is -4.41. The molecule has 0 aromatic carbocycles. The van der Waals surface area contributed by atoms with Gasteiger partial charge in [0, 0.05) is 0 Å². The van der Waals surface area contributed by atoms with Gasteiger partial charge in [0.25, 0.3) is 0 Å². The van der Waals surface area contributed by atoms with E-state index in [1.54, 1.807) is 6.07 Å². The first-order valence-corrected chi connectivity index (χ1v) is 3.42. The molecule has 1 aromatic rings. The van der Waals surface area contributed by atoms with E-state index in [0.717, 1.165) is 0 Å². The predicted octanol–water partition coefficient (Wildman–Crippen LogP) is -1.63. The molecule has 1 heterocycles. The van der Waals surface area contributed by atoms with Gasteiger partial charge in [0.05, 0.1) is 0 Å². The van der Waals surface area contributed by atoms with Crippen LogP contribution in [0.3, 0.4) is 0 Å². The van der Waals surface area contributed by atoms with Crippen LogP contribution in [0.1, 0.15) is 18.6 Å². The molecule has 0 saturated heterocycles. The average Bonchev–Trinajstić information content (AvgIpc) is 2.43. The largest absolute Gasteiger partial charge is 1.00 e. The number of imidazole rings is 1. The Morgan fingerprint density at radius 3 is 2.27 bits per heavy atom. The molecule has 1 aromatic heterocycles. The first kappa shape index (κ1) is 13.6. The number of aromatic nitrogens is 2. The van der Waals surface area contributed by atoms with Crippen molar-refractivity contribution < 1.29 is 33.5 Å². The summed E-state index contributed by atoms with van der Waals surface area (Å²) in [7, 11) is 0. The molecule has 0 atom stereocenters. The molecule has 0 unspecified atom stereocenters. The molecule has 0 aliphatic heterocycles. The quantitative estimate of drug-likeness (QED) is 0.563. The van der Waals surface area contributed by atoms with Crippen molar-refractivity contribution >= 4 is 0 Å². The summed E-state index contributed by atoms with van der Waals surface area (Å²) in [5.74, 6) is -0.425. The van der Waals surface area contributed by atoms with Crippen LogP contribution in [-0.4, -0.2) is 16.1 Å². The van der Waals surface area contributed by atoms with Crippen LogP contribution in [0.4, 0.5) is 13.2 Å². The summed E-state index contributed by atoms with van der Waals surface area (Å²) in [6.07, 6.45) is -5.68. The molecular formula is C7H4F3LiN4. The minimum absolute atomic E-state index is 0. The Kier molecular flexibility index (Phi) is 4.42. The van der Waals surface area contributed by atoms with Crippen molar-refractivity contribution in [2.24, 2.45) is 0 Å². The van der Waals surface area contributed by atoms with Crippen molar-refractivity contribution in [3.8, 4) is 12.1 Å². The molecule has 0 fully saturated rings. The third-order valence-corrected chi connectivity index (χ3v) is 1.34. The van der Waals surface area contributed by atoms with E-state index in [0.29, 0.717) is 0 Å². The first-order chi connectivity index (χ1) is 6.46. The summed E-state index contributed by atoms with van der Waals surface area (Å²) in [4.78, 5) is 5.45. The molecule has 4 nitrogen and oxygen atoms in total. The molecule has 0 bridgehead atoms. The van der Waals surface area contributed by atoms with Crippen LogP contribution in [-0.2, 0) is 6.42 Å². The first-order valence-electron chi connectivity index (χ1n) is 3.42. The van der Waals surface area contributed by atoms with Crippen LogP contribution in [0.5, 0.6) is 0 Å². The molecule has 0 amide bonds. The number of hydrogen-bond donors (Lipinski definition) is 1. The van der Waals surface area contributed by atoms with Gasteiger partial charge in [-0.05, 0) is 0 Å². The van der Waals surface area contributed by atoms with Gasteiger partial charge >= 0.3 is 25.0 Å². The second-order valence-corrected chi connectivity index (χ2v) is 2.42. The van der Waals surface area contributed by atoms with E-state index >= 15 is 0 Å². The summed E-state index contributed by atoms with van der Waals surface area (Å²) >= 11 is 0. The van der Waals surface area contributed by atoms with Crippen LogP contribution in [0.15, 0.2) is 0 Å². The third-order valence-electron chi connectivity index (χ3n) is 1.34. The van der Waals surface area contributed by atoms with Crippen LogP contribution >= 0.6 is 0 Å². The number of halogens is 3. The molecule has 0 saturated carbocycles. The zero-order valence-electron chi connectivity index (χ0n) is 8.68. The van der Waals surface area contributed by atoms with Crippen molar-refractivity contribution in [2.45, 2.75) is 12.6 Å². The van der Waals surface area contributed by atoms with E-state index in [4.69, 9.17) is 10.5 Å². The Morgan fingerprint density at radius 1 is 1.33 bits per heavy atom. The van der Waals surface area contributed by atoms with Crippen molar-refractivity contribution in [1.82, 2.24) is 9.97 Å². The third kappa shape index (κ3) is 3.67. The van der Waals surface area contributed by atoms with Crippen LogP contribution in [0, 0.1) is 22.7 Å². The van der Waals surface area contributed by atoms with Gasteiger partial charge in [-0.2, -0.15) is 23.7 Å². The van der Waals surface area contributed by atoms with Crippen LogP contribution < -0.4 is 18.9 Å². The van der Waals surface area contributed by atoms with Crippen LogP contribution in [0.25, 0.3) is 0 Å². The number of H-pyrrole nitrogens is 1. The maximum Gasteiger partial charge on any atom is 1.00 e. The fourth-order valence-electron chi connectivity index (χ4n) is 0.858. The predicted molar refractivity (Wildman–Crippen MR) is 38.9 cm³/mol. The van der Waals surface area contributed by atoms with Crippen LogP contribution in [0.2, 0.25) is 0 Å². The summed E-state index contributed by atoms with van der Waals surface area (Å²) in [5.41, 5.74) is -0.557. The Balaban J connectivity index is 0. The van der Waals surface area contributed by atoms with Gasteiger partial charge in [0.2, 0.25) is 0 Å². The van der Waals surface area contributed by atoms with E-state index < -0.39 is 18.4 Å². The van der Waals surface area contributed by atoms with Gasteiger partial charge < -0.3 is 6.41 Å². The molecule has 0 radical (unpaired) electrons. The van der Waals surface area contributed by atoms with Crippen molar-refractivity contribution in [1.29, 1.82) is 10.5 Å². The number of nitrogens with zero attached hydrogens (tertiary/aromatic N) is 3. The number of rotatable bonds is 1. The zero-order chi connectivity index (χ0) is 10.8. The molecule has 15 heavy (non-hydrogen) atoms. The molecule has 1 N–H and O–H groups in total. The van der Waals surface area contributed by atoms with E-state index in [9.17, 15) is 13.2 Å². The SMILES string of the molecule is N#Cc1nc(CC(F)(F)F)[nH]c1C#N.[H-].[Li+]. The molecular weight excluding hydrogens is 204 g/mol. The topological polar surface area (TPSA) is 76.3 Å². The molecule has 8 heteroatoms. The van der Waals surface area contributed by atoms with E-state index in [1.807, 2.05) is 0 Å². The Labute approximate surface area is 96.4 Å². The molecule has 74 valence electrons. The molecule has 0 spiro atoms. The number of nitriles is 2. The number of alkyl halides is 3. The van der Waals surface area contributed by atoms with Crippen molar-refractivity contribution in [3.63, 3.8) is 0 Å². The van der Waals surface area contributed by atoms with Crippen molar-refractivity contribution in [3.05, 3.63) is 17.2 Å². The maximum absolute atomic E-state index is 11.9. The minimum Gasteiger partial charge on any atom is -1.00 e. The van der Waals surface area contributed by atoms with Gasteiger partial charge in [-0.3, -0.25) is 0 Å². The molecule has 0 aliphatic carbocycles. The van der Waals surface area contributed by atoms with Gasteiger partial charge in [-0.1, -0.05) is 0 Å². The number of nitrogens with one attached hydrogen (secondary N) is 1. The Hall–Kier alpha value is -1.42. The number of hydrogen-bond acceptors (Lipinski definition) is 3. The van der Waals surface area contributed by atoms with E-state index in [2.05, 4.69) is 9.97 Å².